The number of rotatable bonds is 7. The predicted octanol–water partition coefficient (Wildman–Crippen LogP) is -3.02. The summed E-state index contributed by atoms with van der Waals surface area (Å²) >= 11 is 0. The second-order valence-corrected chi connectivity index (χ2v) is 4.59. The summed E-state index contributed by atoms with van der Waals surface area (Å²) in [6.45, 7) is -0.996. The van der Waals surface area contributed by atoms with Gasteiger partial charge in [-0.1, -0.05) is 0 Å². The normalized spacial score (nSPS) is 33.1. The lowest BCUT2D eigenvalue weighted by Gasteiger charge is -2.39. The Bertz CT molecular complexity index is 356. The van der Waals surface area contributed by atoms with Gasteiger partial charge in [0, 0.05) is 0 Å². The van der Waals surface area contributed by atoms with Crippen molar-refractivity contribution in [2.45, 2.75) is 37.1 Å². The van der Waals surface area contributed by atoms with Gasteiger partial charge in [0.2, 0.25) is 0 Å². The van der Waals surface area contributed by atoms with Gasteiger partial charge in [-0.05, 0) is 6.42 Å². The number of hydrogen-bond acceptors (Lipinski definition) is 8. The molecule has 1 unspecified atom stereocenters. The third-order valence-corrected chi connectivity index (χ3v) is 3.13. The number of ether oxygens (including phenoxy) is 2. The predicted molar refractivity (Wildman–Crippen MR) is 63.1 cm³/mol. The fourth-order valence-electron chi connectivity index (χ4n) is 1.86. The van der Waals surface area contributed by atoms with Crippen molar-refractivity contribution >= 4 is 11.9 Å². The molecule has 0 radical (unpaired) electrons. The second-order valence-electron chi connectivity index (χ2n) is 4.59. The first-order valence-corrected chi connectivity index (χ1v) is 6.17. The van der Waals surface area contributed by atoms with Crippen molar-refractivity contribution in [2.75, 3.05) is 13.2 Å². The van der Waals surface area contributed by atoms with Crippen LogP contribution < -0.4 is 0 Å². The minimum atomic E-state index is -1.67. The summed E-state index contributed by atoms with van der Waals surface area (Å²) < 4.78 is 10.0. The van der Waals surface area contributed by atoms with Gasteiger partial charge in [-0.2, -0.15) is 0 Å². The van der Waals surface area contributed by atoms with Crippen LogP contribution in [0.2, 0.25) is 0 Å². The van der Waals surface area contributed by atoms with Crippen LogP contribution in [0.1, 0.15) is 6.42 Å². The molecule has 21 heavy (non-hydrogen) atoms. The quantitative estimate of drug-likeness (QED) is 0.265. The Hall–Kier alpha value is -1.30. The molecule has 10 heteroatoms. The van der Waals surface area contributed by atoms with E-state index in [0.29, 0.717) is 0 Å². The van der Waals surface area contributed by atoms with Crippen LogP contribution >= 0.6 is 0 Å². The van der Waals surface area contributed by atoms with E-state index in [0.717, 1.165) is 0 Å². The maximum atomic E-state index is 10.7. The average Bonchev–Trinajstić information content (AvgIpc) is 2.42. The first kappa shape index (κ1) is 17.8. The van der Waals surface area contributed by atoms with Gasteiger partial charge < -0.3 is 40.1 Å². The Morgan fingerprint density at radius 1 is 1.05 bits per heavy atom. The van der Waals surface area contributed by atoms with Crippen molar-refractivity contribution in [3.63, 3.8) is 0 Å². The Morgan fingerprint density at radius 3 is 2.10 bits per heavy atom. The van der Waals surface area contributed by atoms with Crippen LogP contribution in [-0.4, -0.2) is 86.5 Å². The van der Waals surface area contributed by atoms with Crippen LogP contribution in [0.3, 0.4) is 0 Å². The van der Waals surface area contributed by atoms with Gasteiger partial charge in [-0.25, -0.2) is 0 Å². The standard InChI is InChI=1S/C11H18O10/c12-3-5-6(13)7(14)8(15)11(21-5)20-2-1-4(9(16)17)10(18)19/h4-8,11-15H,1-3H2,(H,16,17)(H,18,19)/t5-,6-,7+,8-,11?/m1/s1. The van der Waals surface area contributed by atoms with E-state index in [1.165, 1.54) is 0 Å². The van der Waals surface area contributed by atoms with Gasteiger partial charge in [0.15, 0.2) is 12.2 Å². The molecule has 122 valence electrons. The zero-order valence-corrected chi connectivity index (χ0v) is 10.9. The summed E-state index contributed by atoms with van der Waals surface area (Å²) in [5, 5.41) is 54.9. The number of aliphatic carboxylic acids is 2. The van der Waals surface area contributed by atoms with Crippen molar-refractivity contribution in [1.29, 1.82) is 0 Å². The summed E-state index contributed by atoms with van der Waals surface area (Å²) in [5.41, 5.74) is 0. The zero-order valence-electron chi connectivity index (χ0n) is 10.9. The first-order chi connectivity index (χ1) is 9.79. The van der Waals surface area contributed by atoms with Crippen LogP contribution in [0.25, 0.3) is 0 Å². The first-order valence-electron chi connectivity index (χ1n) is 6.17. The van der Waals surface area contributed by atoms with E-state index in [4.69, 9.17) is 24.8 Å². The van der Waals surface area contributed by atoms with Crippen molar-refractivity contribution in [2.24, 2.45) is 5.92 Å². The molecule has 1 rings (SSSR count). The third kappa shape index (κ3) is 4.33. The molecule has 1 saturated heterocycles. The molecule has 0 aromatic carbocycles. The summed E-state index contributed by atoms with van der Waals surface area (Å²) in [6.07, 6.45) is -7.70. The largest absolute Gasteiger partial charge is 0.481 e. The van der Waals surface area contributed by atoms with Crippen LogP contribution in [0, 0.1) is 5.92 Å². The molecule has 0 aromatic heterocycles. The molecule has 0 aliphatic carbocycles. The lowest BCUT2D eigenvalue weighted by molar-refractivity contribution is -0.301. The number of aliphatic hydroxyl groups is 4. The van der Waals surface area contributed by atoms with Crippen molar-refractivity contribution in [3.05, 3.63) is 0 Å². The van der Waals surface area contributed by atoms with E-state index in [9.17, 15) is 24.9 Å². The minimum absolute atomic E-state index is 0.369. The van der Waals surface area contributed by atoms with Gasteiger partial charge in [0.25, 0.3) is 0 Å². The molecule has 0 bridgehead atoms. The highest BCUT2D eigenvalue weighted by Gasteiger charge is 2.44. The molecule has 1 aliphatic heterocycles. The second kappa shape index (κ2) is 7.64. The summed E-state index contributed by atoms with van der Waals surface area (Å²) in [6, 6.07) is 0. The van der Waals surface area contributed by atoms with Crippen LogP contribution in [0.15, 0.2) is 0 Å². The third-order valence-electron chi connectivity index (χ3n) is 3.13. The molecule has 0 spiro atoms. The molecule has 5 atom stereocenters. The van der Waals surface area contributed by atoms with Crippen molar-refractivity contribution < 1.29 is 49.7 Å². The molecule has 6 N–H and O–H groups in total. The van der Waals surface area contributed by atoms with Gasteiger partial charge in [-0.3, -0.25) is 9.59 Å². The molecule has 10 nitrogen and oxygen atoms in total. The number of carbonyl (C=O) groups is 2. The fourth-order valence-corrected chi connectivity index (χ4v) is 1.86. The maximum absolute atomic E-state index is 10.7. The molecule has 0 aromatic rings. The number of carboxylic acids is 2. The Balaban J connectivity index is 2.54. The molecule has 0 amide bonds. The molecule has 1 fully saturated rings. The van der Waals surface area contributed by atoms with Crippen molar-refractivity contribution in [1.82, 2.24) is 0 Å². The summed E-state index contributed by atoms with van der Waals surface area (Å²) in [7, 11) is 0. The van der Waals surface area contributed by atoms with Gasteiger partial charge in [0.1, 0.15) is 24.4 Å². The van der Waals surface area contributed by atoms with Crippen LogP contribution in [-0.2, 0) is 19.1 Å². The monoisotopic (exact) mass is 310 g/mol. The average molecular weight is 310 g/mol. The van der Waals surface area contributed by atoms with E-state index < -0.39 is 55.2 Å². The Kier molecular flexibility index (Phi) is 6.45. The molecular weight excluding hydrogens is 292 g/mol. The number of carboxylic acid groups (broad SMARTS) is 2. The Morgan fingerprint density at radius 2 is 1.62 bits per heavy atom. The molecule has 1 heterocycles. The van der Waals surface area contributed by atoms with E-state index >= 15 is 0 Å². The maximum Gasteiger partial charge on any atom is 0.317 e. The lowest BCUT2D eigenvalue weighted by Crippen LogP contribution is -2.59. The Labute approximate surface area is 119 Å². The van der Waals surface area contributed by atoms with Gasteiger partial charge in [-0.15, -0.1) is 0 Å². The minimum Gasteiger partial charge on any atom is -0.481 e. The van der Waals surface area contributed by atoms with Crippen LogP contribution in [0.5, 0.6) is 0 Å². The van der Waals surface area contributed by atoms with E-state index in [1.807, 2.05) is 0 Å². The van der Waals surface area contributed by atoms with E-state index in [2.05, 4.69) is 0 Å². The highest BCUT2D eigenvalue weighted by Crippen LogP contribution is 2.22. The van der Waals surface area contributed by atoms with Gasteiger partial charge in [0.05, 0.1) is 13.2 Å². The summed E-state index contributed by atoms with van der Waals surface area (Å²) in [5.74, 6) is -4.73. The SMILES string of the molecule is O=C(O)C(CCOC1O[C@H](CO)[C@@H](O)[C@H](O)[C@H]1O)C(=O)O. The summed E-state index contributed by atoms with van der Waals surface area (Å²) in [4.78, 5) is 21.3. The van der Waals surface area contributed by atoms with E-state index in [-0.39, 0.29) is 13.0 Å². The number of hydrogen-bond donors (Lipinski definition) is 6. The molecular formula is C11H18O10. The van der Waals surface area contributed by atoms with Gasteiger partial charge >= 0.3 is 11.9 Å². The zero-order chi connectivity index (χ0) is 16.2. The van der Waals surface area contributed by atoms with Crippen LogP contribution in [0.4, 0.5) is 0 Å². The molecule has 0 saturated carbocycles. The van der Waals surface area contributed by atoms with Crippen molar-refractivity contribution in [3.8, 4) is 0 Å². The smallest absolute Gasteiger partial charge is 0.317 e. The fraction of sp³-hybridized carbons (Fsp3) is 0.818. The number of aliphatic hydroxyl groups excluding tert-OH is 4. The lowest BCUT2D eigenvalue weighted by atomic mass is 9.99. The highest BCUT2D eigenvalue weighted by molar-refractivity contribution is 5.92. The highest BCUT2D eigenvalue weighted by atomic mass is 16.7. The topological polar surface area (TPSA) is 174 Å². The molecule has 1 aliphatic rings. The van der Waals surface area contributed by atoms with E-state index in [1.54, 1.807) is 0 Å².